The molecule has 0 aliphatic heterocycles. The van der Waals surface area contributed by atoms with E-state index in [1.807, 2.05) is 20.9 Å². The first-order valence-corrected chi connectivity index (χ1v) is 4.99. The van der Waals surface area contributed by atoms with Crippen LogP contribution in [-0.4, -0.2) is 34.8 Å². The largest absolute Gasteiger partial charge is 0.392 e. The monoisotopic (exact) mass is 210 g/mol. The number of aromatic nitrogens is 2. The minimum atomic E-state index is -0.391. The molecule has 1 atom stereocenters. The van der Waals surface area contributed by atoms with E-state index in [1.54, 1.807) is 6.92 Å². The molecule has 0 aliphatic rings. The Morgan fingerprint density at radius 1 is 1.27 bits per heavy atom. The maximum atomic E-state index is 9.18. The first-order chi connectivity index (χ1) is 7.04. The van der Waals surface area contributed by atoms with E-state index in [2.05, 4.69) is 20.6 Å². The van der Waals surface area contributed by atoms with Crippen molar-refractivity contribution in [2.45, 2.75) is 26.9 Å². The highest BCUT2D eigenvalue weighted by Gasteiger charge is 2.07. The Morgan fingerprint density at radius 3 is 2.40 bits per heavy atom. The molecule has 1 aromatic heterocycles. The van der Waals surface area contributed by atoms with Crippen molar-refractivity contribution in [2.24, 2.45) is 0 Å². The van der Waals surface area contributed by atoms with Crippen molar-refractivity contribution in [3.63, 3.8) is 0 Å². The molecule has 5 nitrogen and oxygen atoms in total. The van der Waals surface area contributed by atoms with Crippen LogP contribution < -0.4 is 10.6 Å². The summed E-state index contributed by atoms with van der Waals surface area (Å²) in [5, 5.41) is 15.3. The molecule has 1 heterocycles. The summed E-state index contributed by atoms with van der Waals surface area (Å²) in [6.45, 7) is 6.00. The first kappa shape index (κ1) is 11.7. The van der Waals surface area contributed by atoms with Gasteiger partial charge in [-0.15, -0.1) is 0 Å². The quantitative estimate of drug-likeness (QED) is 0.689. The average Bonchev–Trinajstić information content (AvgIpc) is 2.18. The molecule has 0 aromatic carbocycles. The second kappa shape index (κ2) is 4.93. The first-order valence-electron chi connectivity index (χ1n) is 4.99. The number of aliphatic hydroxyl groups is 1. The van der Waals surface area contributed by atoms with Crippen molar-refractivity contribution in [3.8, 4) is 0 Å². The third kappa shape index (κ3) is 3.06. The van der Waals surface area contributed by atoms with Gasteiger partial charge in [0.05, 0.1) is 6.10 Å². The van der Waals surface area contributed by atoms with E-state index in [0.717, 1.165) is 17.2 Å². The number of aryl methyl sites for hydroxylation is 1. The lowest BCUT2D eigenvalue weighted by Gasteiger charge is -2.13. The molecule has 0 aliphatic carbocycles. The van der Waals surface area contributed by atoms with Gasteiger partial charge >= 0.3 is 0 Å². The smallest absolute Gasteiger partial charge is 0.134 e. The number of rotatable bonds is 4. The van der Waals surface area contributed by atoms with Crippen LogP contribution in [0.2, 0.25) is 0 Å². The Balaban J connectivity index is 2.91. The van der Waals surface area contributed by atoms with Gasteiger partial charge < -0.3 is 15.7 Å². The Bertz CT molecular complexity index is 338. The molecule has 84 valence electrons. The topological polar surface area (TPSA) is 70.1 Å². The third-order valence-corrected chi connectivity index (χ3v) is 2.06. The SMILES string of the molecule is CNc1nc(C)nc(NCC(C)O)c1C. The van der Waals surface area contributed by atoms with E-state index in [4.69, 9.17) is 0 Å². The van der Waals surface area contributed by atoms with E-state index in [9.17, 15) is 5.11 Å². The summed E-state index contributed by atoms with van der Waals surface area (Å²) < 4.78 is 0. The minimum absolute atomic E-state index is 0.391. The van der Waals surface area contributed by atoms with Gasteiger partial charge in [0.25, 0.3) is 0 Å². The van der Waals surface area contributed by atoms with Crippen LogP contribution >= 0.6 is 0 Å². The highest BCUT2D eigenvalue weighted by molar-refractivity contribution is 5.56. The van der Waals surface area contributed by atoms with Crippen LogP contribution in [0.15, 0.2) is 0 Å². The molecule has 5 heteroatoms. The fourth-order valence-corrected chi connectivity index (χ4v) is 1.29. The fraction of sp³-hybridized carbons (Fsp3) is 0.600. The highest BCUT2D eigenvalue weighted by atomic mass is 16.3. The van der Waals surface area contributed by atoms with Crippen molar-refractivity contribution < 1.29 is 5.11 Å². The molecular formula is C10H18N4O. The van der Waals surface area contributed by atoms with Gasteiger partial charge in [-0.25, -0.2) is 9.97 Å². The number of nitrogens with one attached hydrogen (secondary N) is 2. The van der Waals surface area contributed by atoms with Crippen LogP contribution in [0, 0.1) is 13.8 Å². The molecule has 0 spiro atoms. The summed E-state index contributed by atoms with van der Waals surface area (Å²) >= 11 is 0. The lowest BCUT2D eigenvalue weighted by molar-refractivity contribution is 0.208. The van der Waals surface area contributed by atoms with Gasteiger partial charge in [-0.05, 0) is 20.8 Å². The van der Waals surface area contributed by atoms with Crippen LogP contribution in [0.4, 0.5) is 11.6 Å². The number of anilines is 2. The summed E-state index contributed by atoms with van der Waals surface area (Å²) in [7, 11) is 1.83. The van der Waals surface area contributed by atoms with Gasteiger partial charge in [0.1, 0.15) is 17.5 Å². The molecule has 0 radical (unpaired) electrons. The lowest BCUT2D eigenvalue weighted by atomic mass is 10.3. The van der Waals surface area contributed by atoms with Gasteiger partial charge in [-0.3, -0.25) is 0 Å². The second-order valence-corrected chi connectivity index (χ2v) is 3.57. The summed E-state index contributed by atoms with van der Waals surface area (Å²) in [6.07, 6.45) is -0.391. The fourth-order valence-electron chi connectivity index (χ4n) is 1.29. The summed E-state index contributed by atoms with van der Waals surface area (Å²) in [6, 6.07) is 0. The van der Waals surface area contributed by atoms with Crippen LogP contribution in [0.3, 0.4) is 0 Å². The number of hydrogen-bond acceptors (Lipinski definition) is 5. The lowest BCUT2D eigenvalue weighted by Crippen LogP contribution is -2.17. The summed E-state index contributed by atoms with van der Waals surface area (Å²) in [5.74, 6) is 2.29. The van der Waals surface area contributed by atoms with Crippen molar-refractivity contribution >= 4 is 11.6 Å². The van der Waals surface area contributed by atoms with Gasteiger partial charge in [-0.1, -0.05) is 0 Å². The highest BCUT2D eigenvalue weighted by Crippen LogP contribution is 2.18. The molecule has 3 N–H and O–H groups in total. The zero-order valence-electron chi connectivity index (χ0n) is 9.63. The molecule has 15 heavy (non-hydrogen) atoms. The van der Waals surface area contributed by atoms with E-state index in [-0.39, 0.29) is 0 Å². The molecule has 0 fully saturated rings. The average molecular weight is 210 g/mol. The molecule has 1 aromatic rings. The van der Waals surface area contributed by atoms with Gasteiger partial charge in [0.2, 0.25) is 0 Å². The molecule has 0 saturated carbocycles. The van der Waals surface area contributed by atoms with E-state index in [1.165, 1.54) is 0 Å². The maximum Gasteiger partial charge on any atom is 0.134 e. The van der Waals surface area contributed by atoms with Crippen LogP contribution in [-0.2, 0) is 0 Å². The minimum Gasteiger partial charge on any atom is -0.392 e. The Hall–Kier alpha value is -1.36. The zero-order chi connectivity index (χ0) is 11.4. The Kier molecular flexibility index (Phi) is 3.85. The predicted molar refractivity (Wildman–Crippen MR) is 61.2 cm³/mol. The standard InChI is InChI=1S/C10H18N4O/c1-6(15)5-12-10-7(2)9(11-4)13-8(3)14-10/h6,15H,5H2,1-4H3,(H2,11,12,13,14). The molecular weight excluding hydrogens is 192 g/mol. The Labute approximate surface area is 90.0 Å². The third-order valence-electron chi connectivity index (χ3n) is 2.06. The molecule has 0 saturated heterocycles. The molecule has 0 bridgehead atoms. The number of aliphatic hydroxyl groups excluding tert-OH is 1. The van der Waals surface area contributed by atoms with Gasteiger partial charge in [0, 0.05) is 19.2 Å². The number of nitrogens with zero attached hydrogens (tertiary/aromatic N) is 2. The Morgan fingerprint density at radius 2 is 1.87 bits per heavy atom. The van der Waals surface area contributed by atoms with Crippen molar-refractivity contribution in [1.82, 2.24) is 9.97 Å². The van der Waals surface area contributed by atoms with E-state index < -0.39 is 6.10 Å². The van der Waals surface area contributed by atoms with Gasteiger partial charge in [0.15, 0.2) is 0 Å². The summed E-state index contributed by atoms with van der Waals surface area (Å²) in [5.41, 5.74) is 0.962. The van der Waals surface area contributed by atoms with Crippen LogP contribution in [0.25, 0.3) is 0 Å². The zero-order valence-corrected chi connectivity index (χ0v) is 9.63. The van der Waals surface area contributed by atoms with Crippen LogP contribution in [0.5, 0.6) is 0 Å². The van der Waals surface area contributed by atoms with Gasteiger partial charge in [-0.2, -0.15) is 0 Å². The second-order valence-electron chi connectivity index (χ2n) is 3.57. The maximum absolute atomic E-state index is 9.18. The normalized spacial score (nSPS) is 12.3. The number of hydrogen-bond donors (Lipinski definition) is 3. The molecule has 0 amide bonds. The summed E-state index contributed by atoms with van der Waals surface area (Å²) in [4.78, 5) is 8.53. The van der Waals surface area contributed by atoms with Crippen molar-refractivity contribution in [2.75, 3.05) is 24.2 Å². The predicted octanol–water partition coefficient (Wildman–Crippen LogP) is 0.928. The van der Waals surface area contributed by atoms with E-state index >= 15 is 0 Å². The molecule has 1 unspecified atom stereocenters. The van der Waals surface area contributed by atoms with Crippen LogP contribution in [0.1, 0.15) is 18.3 Å². The molecule has 1 rings (SSSR count). The van der Waals surface area contributed by atoms with Crippen molar-refractivity contribution in [3.05, 3.63) is 11.4 Å². The van der Waals surface area contributed by atoms with E-state index in [0.29, 0.717) is 12.4 Å². The van der Waals surface area contributed by atoms with Crippen molar-refractivity contribution in [1.29, 1.82) is 0 Å².